The third-order valence-electron chi connectivity index (χ3n) is 2.05. The van der Waals surface area contributed by atoms with Crippen LogP contribution in [0.15, 0.2) is 18.2 Å². The predicted molar refractivity (Wildman–Crippen MR) is 66.5 cm³/mol. The van der Waals surface area contributed by atoms with Crippen LogP contribution in [0.2, 0.25) is 0 Å². The highest BCUT2D eigenvalue weighted by Crippen LogP contribution is 2.32. The number of carbonyl (C=O) groups excluding carboxylic acids is 1. The van der Waals surface area contributed by atoms with Gasteiger partial charge in [0.25, 0.3) is 5.91 Å². The third-order valence-corrected chi connectivity index (χ3v) is 2.05. The van der Waals surface area contributed by atoms with Crippen molar-refractivity contribution in [3.63, 3.8) is 0 Å². The topological polar surface area (TPSA) is 49.8 Å². The van der Waals surface area contributed by atoms with E-state index < -0.39 is 5.60 Å². The first kappa shape index (κ1) is 13.4. The first-order valence-electron chi connectivity index (χ1n) is 5.45. The monoisotopic (exact) mass is 237 g/mol. The van der Waals surface area contributed by atoms with Gasteiger partial charge in [0.1, 0.15) is 5.60 Å². The Hall–Kier alpha value is -1.71. The van der Waals surface area contributed by atoms with E-state index in [4.69, 9.17) is 4.74 Å². The molecule has 94 valence electrons. The summed E-state index contributed by atoms with van der Waals surface area (Å²) < 4.78 is 5.58. The lowest BCUT2D eigenvalue weighted by molar-refractivity contribution is 0.0820. The Morgan fingerprint density at radius 3 is 2.35 bits per heavy atom. The van der Waals surface area contributed by atoms with Crippen molar-refractivity contribution in [2.75, 3.05) is 14.1 Å². The minimum Gasteiger partial charge on any atom is -0.504 e. The number of para-hydroxylation sites is 1. The van der Waals surface area contributed by atoms with Crippen LogP contribution in [0.5, 0.6) is 11.5 Å². The van der Waals surface area contributed by atoms with Gasteiger partial charge in [-0.25, -0.2) is 0 Å². The molecule has 1 rings (SSSR count). The van der Waals surface area contributed by atoms with Crippen LogP contribution < -0.4 is 4.74 Å². The van der Waals surface area contributed by atoms with Gasteiger partial charge in [0.05, 0.1) is 5.56 Å². The Bertz CT molecular complexity index is 419. The molecule has 4 heteroatoms. The van der Waals surface area contributed by atoms with Crippen molar-refractivity contribution in [3.8, 4) is 11.5 Å². The Morgan fingerprint density at radius 2 is 1.88 bits per heavy atom. The molecule has 0 fully saturated rings. The number of ether oxygens (including phenoxy) is 1. The molecule has 0 bridgehead atoms. The van der Waals surface area contributed by atoms with E-state index in [1.165, 1.54) is 4.90 Å². The van der Waals surface area contributed by atoms with Gasteiger partial charge in [-0.3, -0.25) is 4.79 Å². The van der Waals surface area contributed by atoms with Gasteiger partial charge >= 0.3 is 0 Å². The summed E-state index contributed by atoms with van der Waals surface area (Å²) in [7, 11) is 3.28. The molecule has 0 aliphatic rings. The smallest absolute Gasteiger partial charge is 0.257 e. The highest BCUT2D eigenvalue weighted by atomic mass is 16.5. The van der Waals surface area contributed by atoms with Gasteiger partial charge in [0, 0.05) is 14.1 Å². The number of hydrogen-bond donors (Lipinski definition) is 1. The number of benzene rings is 1. The summed E-state index contributed by atoms with van der Waals surface area (Å²) in [6, 6.07) is 4.91. The Balaban J connectivity index is 3.12. The summed E-state index contributed by atoms with van der Waals surface area (Å²) in [5, 5.41) is 10.00. The lowest BCUT2D eigenvalue weighted by Gasteiger charge is -2.22. The average Bonchev–Trinajstić information content (AvgIpc) is 2.18. The van der Waals surface area contributed by atoms with E-state index in [0.717, 1.165) is 0 Å². The van der Waals surface area contributed by atoms with E-state index in [-0.39, 0.29) is 17.2 Å². The van der Waals surface area contributed by atoms with Crippen molar-refractivity contribution in [2.45, 2.75) is 26.4 Å². The summed E-state index contributed by atoms with van der Waals surface area (Å²) in [4.78, 5) is 13.2. The Labute approximate surface area is 102 Å². The number of aromatic hydroxyl groups is 1. The van der Waals surface area contributed by atoms with Crippen molar-refractivity contribution in [1.82, 2.24) is 4.90 Å². The van der Waals surface area contributed by atoms with Crippen molar-refractivity contribution in [1.29, 1.82) is 0 Å². The molecule has 0 atom stereocenters. The first-order valence-corrected chi connectivity index (χ1v) is 5.45. The quantitative estimate of drug-likeness (QED) is 0.858. The maximum Gasteiger partial charge on any atom is 0.257 e. The fourth-order valence-corrected chi connectivity index (χ4v) is 1.35. The fraction of sp³-hybridized carbons (Fsp3) is 0.462. The molecular weight excluding hydrogens is 218 g/mol. The molecule has 1 aromatic rings. The van der Waals surface area contributed by atoms with E-state index in [9.17, 15) is 9.90 Å². The highest BCUT2D eigenvalue weighted by molar-refractivity contribution is 5.97. The highest BCUT2D eigenvalue weighted by Gasteiger charge is 2.20. The van der Waals surface area contributed by atoms with Crippen LogP contribution in [-0.2, 0) is 0 Å². The van der Waals surface area contributed by atoms with Crippen molar-refractivity contribution in [2.24, 2.45) is 0 Å². The largest absolute Gasteiger partial charge is 0.504 e. The van der Waals surface area contributed by atoms with Gasteiger partial charge in [-0.2, -0.15) is 0 Å². The molecule has 0 aromatic heterocycles. The number of amides is 1. The molecule has 1 amide bonds. The maximum atomic E-state index is 11.8. The van der Waals surface area contributed by atoms with E-state index in [2.05, 4.69) is 0 Å². The number of hydrogen-bond acceptors (Lipinski definition) is 3. The van der Waals surface area contributed by atoms with E-state index in [1.807, 2.05) is 20.8 Å². The second kappa shape index (κ2) is 4.65. The number of phenols is 1. The minimum atomic E-state index is -0.419. The Morgan fingerprint density at radius 1 is 1.29 bits per heavy atom. The molecule has 0 aliphatic heterocycles. The second-order valence-electron chi connectivity index (χ2n) is 5.07. The molecule has 17 heavy (non-hydrogen) atoms. The SMILES string of the molecule is CN(C)C(=O)c1cccc(OC(C)(C)C)c1O. The normalized spacial score (nSPS) is 11.1. The van der Waals surface area contributed by atoms with Gasteiger partial charge in [-0.05, 0) is 32.9 Å². The average molecular weight is 237 g/mol. The molecule has 1 aromatic carbocycles. The van der Waals surface area contributed by atoms with Crippen LogP contribution in [0.4, 0.5) is 0 Å². The van der Waals surface area contributed by atoms with Gasteiger partial charge < -0.3 is 14.7 Å². The molecule has 0 spiro atoms. The number of carbonyl (C=O) groups is 1. The van der Waals surface area contributed by atoms with Gasteiger partial charge in [0.15, 0.2) is 11.5 Å². The van der Waals surface area contributed by atoms with E-state index in [0.29, 0.717) is 5.75 Å². The lowest BCUT2D eigenvalue weighted by Crippen LogP contribution is -2.24. The van der Waals surface area contributed by atoms with E-state index in [1.54, 1.807) is 32.3 Å². The van der Waals surface area contributed by atoms with Crippen LogP contribution in [0, 0.1) is 0 Å². The second-order valence-corrected chi connectivity index (χ2v) is 5.07. The van der Waals surface area contributed by atoms with Crippen LogP contribution in [-0.4, -0.2) is 35.6 Å². The molecule has 0 unspecified atom stereocenters. The number of phenolic OH excluding ortho intramolecular Hbond substituents is 1. The third kappa shape index (κ3) is 3.37. The van der Waals surface area contributed by atoms with Gasteiger partial charge in [0.2, 0.25) is 0 Å². The van der Waals surface area contributed by atoms with Crippen LogP contribution in [0.3, 0.4) is 0 Å². The van der Waals surface area contributed by atoms with Gasteiger partial charge in [-0.1, -0.05) is 6.07 Å². The van der Waals surface area contributed by atoms with Gasteiger partial charge in [-0.15, -0.1) is 0 Å². The standard InChI is InChI=1S/C13H19NO3/c1-13(2,3)17-10-8-6-7-9(11(10)15)12(16)14(4)5/h6-8,15H,1-5H3. The molecule has 4 nitrogen and oxygen atoms in total. The molecule has 1 N–H and O–H groups in total. The summed E-state index contributed by atoms with van der Waals surface area (Å²) >= 11 is 0. The zero-order valence-electron chi connectivity index (χ0n) is 10.9. The summed E-state index contributed by atoms with van der Waals surface area (Å²) in [5.41, 5.74) is -0.172. The Kier molecular flexibility index (Phi) is 3.66. The van der Waals surface area contributed by atoms with Crippen LogP contribution >= 0.6 is 0 Å². The summed E-state index contributed by atoms with van der Waals surface area (Å²) in [6.07, 6.45) is 0. The molecular formula is C13H19NO3. The van der Waals surface area contributed by atoms with Crippen molar-refractivity contribution < 1.29 is 14.6 Å². The number of rotatable bonds is 2. The molecule has 0 saturated heterocycles. The molecule has 0 heterocycles. The van der Waals surface area contributed by atoms with Crippen molar-refractivity contribution >= 4 is 5.91 Å². The zero-order valence-corrected chi connectivity index (χ0v) is 10.9. The summed E-state index contributed by atoms with van der Waals surface area (Å²) in [5.74, 6) is -0.0341. The molecule has 0 radical (unpaired) electrons. The minimum absolute atomic E-state index is 0.110. The van der Waals surface area contributed by atoms with Crippen molar-refractivity contribution in [3.05, 3.63) is 23.8 Å². The van der Waals surface area contributed by atoms with Crippen LogP contribution in [0.1, 0.15) is 31.1 Å². The van der Waals surface area contributed by atoms with Crippen LogP contribution in [0.25, 0.3) is 0 Å². The predicted octanol–water partition coefficient (Wildman–Crippen LogP) is 2.27. The fourth-order valence-electron chi connectivity index (χ4n) is 1.35. The van der Waals surface area contributed by atoms with E-state index >= 15 is 0 Å². The summed E-state index contributed by atoms with van der Waals surface area (Å²) in [6.45, 7) is 5.65. The maximum absolute atomic E-state index is 11.8. The first-order chi connectivity index (χ1) is 7.72. The molecule has 0 saturated carbocycles. The molecule has 0 aliphatic carbocycles. The number of nitrogens with zero attached hydrogens (tertiary/aromatic N) is 1. The lowest BCUT2D eigenvalue weighted by atomic mass is 10.1. The zero-order chi connectivity index (χ0) is 13.2.